The molecule has 0 saturated carbocycles. The first kappa shape index (κ1) is 54.0. The maximum absolute atomic E-state index is 7.21. The lowest BCUT2D eigenvalue weighted by Crippen LogP contribution is -2.22. The number of hydrogen-bond donors (Lipinski definition) is 0. The summed E-state index contributed by atoms with van der Waals surface area (Å²) in [6.07, 6.45) is 5.91. The standard InChI is InChI=1S/C73H75O4P/c1-8-34-74-70-59-38-56(53-28-22-50(5)23-29-53)39-60(70)45-62-41-58(55-32-26-52(7)27-33-55)43-64(72(62)76-36-10-3)47-66-49-69(78(67-18-14-12-15-19-67)68-20-16-13-17-21-68)48-65(73(66)77-37-11-4)46-63-42-57(54-30-24-51(6)25-31-54)40-61(44-59)71(63)75-35-9-2/h12-33,38-43,48-49H,8-11,34-37,44-47H2,1-7H3. The smallest absolute Gasteiger partial charge is 0.126 e. The van der Waals surface area contributed by atoms with E-state index in [2.05, 4.69) is 230 Å². The molecule has 5 heteroatoms. The van der Waals surface area contributed by atoms with Crippen LogP contribution in [0.3, 0.4) is 0 Å². The Balaban J connectivity index is 1.33. The summed E-state index contributed by atoms with van der Waals surface area (Å²) in [4.78, 5) is 0. The largest absolute Gasteiger partial charge is 0.493 e. The van der Waals surface area contributed by atoms with E-state index in [0.29, 0.717) is 52.1 Å². The first-order chi connectivity index (χ1) is 38.2. The van der Waals surface area contributed by atoms with Gasteiger partial charge in [0.2, 0.25) is 0 Å². The molecule has 1 aliphatic carbocycles. The fraction of sp³-hybridized carbons (Fsp3) is 0.260. The van der Waals surface area contributed by atoms with E-state index in [1.54, 1.807) is 0 Å². The van der Waals surface area contributed by atoms with Crippen LogP contribution in [0, 0.1) is 20.8 Å². The molecule has 1 aliphatic rings. The molecule has 396 valence electrons. The predicted octanol–water partition coefficient (Wildman–Crippen LogP) is 17.2. The monoisotopic (exact) mass is 1050 g/mol. The minimum absolute atomic E-state index is 0.589. The van der Waals surface area contributed by atoms with Gasteiger partial charge in [-0.15, -0.1) is 0 Å². The lowest BCUT2D eigenvalue weighted by atomic mass is 9.87. The first-order valence-electron chi connectivity index (χ1n) is 28.5. The van der Waals surface area contributed by atoms with Crippen molar-refractivity contribution < 1.29 is 18.9 Å². The van der Waals surface area contributed by atoms with E-state index in [0.717, 1.165) is 110 Å². The summed E-state index contributed by atoms with van der Waals surface area (Å²) in [7, 11) is -0.985. The van der Waals surface area contributed by atoms with E-state index < -0.39 is 7.92 Å². The summed E-state index contributed by atoms with van der Waals surface area (Å²) in [6, 6.07) is 68.4. The van der Waals surface area contributed by atoms with Crippen molar-refractivity contribution in [2.45, 2.75) is 99.8 Å². The molecular weight excluding hydrogens is 972 g/mol. The van der Waals surface area contributed by atoms with Gasteiger partial charge in [-0.2, -0.15) is 0 Å². The van der Waals surface area contributed by atoms with Crippen molar-refractivity contribution >= 4 is 23.8 Å². The zero-order valence-electron chi connectivity index (χ0n) is 46.9. The number of fused-ring (bicyclic) bond motifs is 8. The van der Waals surface area contributed by atoms with Crippen molar-refractivity contribution in [2.24, 2.45) is 0 Å². The van der Waals surface area contributed by atoms with Crippen LogP contribution in [0.4, 0.5) is 0 Å². The van der Waals surface area contributed by atoms with Crippen LogP contribution in [-0.2, 0) is 25.7 Å². The maximum atomic E-state index is 7.21. The van der Waals surface area contributed by atoms with Gasteiger partial charge in [0.1, 0.15) is 23.0 Å². The van der Waals surface area contributed by atoms with Gasteiger partial charge in [-0.1, -0.05) is 178 Å². The third-order valence-electron chi connectivity index (χ3n) is 14.7. The van der Waals surface area contributed by atoms with Crippen LogP contribution in [0.15, 0.2) is 182 Å². The zero-order chi connectivity index (χ0) is 54.0. The van der Waals surface area contributed by atoms with Crippen molar-refractivity contribution in [2.75, 3.05) is 26.4 Å². The number of rotatable bonds is 18. The SMILES string of the molecule is CCCOc1c2cc(-c3ccc(C)cc3)cc1Cc1cc(-c3ccc(C)cc3)cc(c1OCCC)Cc1cc(P(c3ccccc3)c3ccccc3)cc(c1OCCC)Cc1cc(-c3ccc(C)cc3)cc(c1OCCC)C2. The van der Waals surface area contributed by atoms with Gasteiger partial charge in [-0.25, -0.2) is 0 Å². The van der Waals surface area contributed by atoms with Gasteiger partial charge in [0.25, 0.3) is 0 Å². The molecule has 9 aromatic rings. The quantitative estimate of drug-likeness (QED) is 0.0803. The van der Waals surface area contributed by atoms with E-state index in [1.807, 2.05) is 0 Å². The highest BCUT2D eigenvalue weighted by molar-refractivity contribution is 7.79. The van der Waals surface area contributed by atoms with E-state index in [1.165, 1.54) is 49.3 Å². The minimum atomic E-state index is -0.985. The fourth-order valence-corrected chi connectivity index (χ4v) is 13.3. The molecule has 0 saturated heterocycles. The van der Waals surface area contributed by atoms with Crippen molar-refractivity contribution in [1.29, 1.82) is 0 Å². The van der Waals surface area contributed by atoms with Crippen molar-refractivity contribution in [3.8, 4) is 56.4 Å². The third kappa shape index (κ3) is 12.5. The Labute approximate surface area is 466 Å². The number of hydrogen-bond acceptors (Lipinski definition) is 4. The molecule has 9 aromatic carbocycles. The molecule has 0 amide bonds. The number of benzene rings is 9. The average molecular weight is 1050 g/mol. The maximum Gasteiger partial charge on any atom is 0.126 e. The van der Waals surface area contributed by atoms with Crippen LogP contribution in [0.1, 0.15) is 115 Å². The van der Waals surface area contributed by atoms with Crippen LogP contribution in [0.25, 0.3) is 33.4 Å². The Morgan fingerprint density at radius 2 is 0.526 bits per heavy atom. The van der Waals surface area contributed by atoms with Gasteiger partial charge < -0.3 is 18.9 Å². The first-order valence-corrected chi connectivity index (χ1v) is 29.8. The van der Waals surface area contributed by atoms with Gasteiger partial charge in [0.15, 0.2) is 0 Å². The average Bonchev–Trinajstić information content (AvgIpc) is 3.51. The van der Waals surface area contributed by atoms with Crippen LogP contribution in [-0.4, -0.2) is 26.4 Å². The summed E-state index contributed by atoms with van der Waals surface area (Å²) in [6.45, 7) is 17.6. The van der Waals surface area contributed by atoms with Gasteiger partial charge in [0, 0.05) is 25.7 Å². The molecule has 0 spiro atoms. The Morgan fingerprint density at radius 3 is 0.769 bits per heavy atom. The second-order valence-corrected chi connectivity index (χ2v) is 23.4. The number of ether oxygens (including phenoxy) is 4. The Kier molecular flexibility index (Phi) is 17.6. The Morgan fingerprint density at radius 1 is 0.282 bits per heavy atom. The van der Waals surface area contributed by atoms with Gasteiger partial charge in [0.05, 0.1) is 26.4 Å². The van der Waals surface area contributed by atoms with Crippen molar-refractivity contribution in [1.82, 2.24) is 0 Å². The molecule has 4 nitrogen and oxygen atoms in total. The van der Waals surface area contributed by atoms with Gasteiger partial charge in [-0.3, -0.25) is 0 Å². The predicted molar refractivity (Wildman–Crippen MR) is 329 cm³/mol. The Bertz CT molecular complexity index is 3260. The molecule has 8 bridgehead atoms. The Hall–Kier alpha value is -7.39. The lowest BCUT2D eigenvalue weighted by molar-refractivity contribution is 0.305. The summed E-state index contributed by atoms with van der Waals surface area (Å²) in [5.41, 5.74) is 19.8. The molecule has 0 fully saturated rings. The van der Waals surface area contributed by atoms with Gasteiger partial charge >= 0.3 is 0 Å². The molecule has 78 heavy (non-hydrogen) atoms. The van der Waals surface area contributed by atoms with E-state index in [9.17, 15) is 0 Å². The summed E-state index contributed by atoms with van der Waals surface area (Å²) in [5, 5.41) is 3.89. The van der Waals surface area contributed by atoms with Crippen LogP contribution in [0.2, 0.25) is 0 Å². The highest BCUT2D eigenvalue weighted by Gasteiger charge is 2.27. The third-order valence-corrected chi connectivity index (χ3v) is 17.1. The summed E-state index contributed by atoms with van der Waals surface area (Å²) in [5.74, 6) is 3.76. The molecule has 0 radical (unpaired) electrons. The van der Waals surface area contributed by atoms with Gasteiger partial charge in [-0.05, 0) is 197 Å². The number of aryl methyl sites for hydroxylation is 3. The molecule has 0 aromatic heterocycles. The normalized spacial score (nSPS) is 12.1. The second-order valence-electron chi connectivity index (χ2n) is 21.2. The highest BCUT2D eigenvalue weighted by atomic mass is 31.1. The van der Waals surface area contributed by atoms with E-state index in [-0.39, 0.29) is 0 Å². The fourth-order valence-electron chi connectivity index (χ4n) is 10.9. The van der Waals surface area contributed by atoms with Crippen molar-refractivity contribution in [3.63, 3.8) is 0 Å². The molecule has 10 rings (SSSR count). The highest BCUT2D eigenvalue weighted by Crippen LogP contribution is 2.45. The molecule has 0 heterocycles. The minimum Gasteiger partial charge on any atom is -0.493 e. The van der Waals surface area contributed by atoms with Crippen LogP contribution in [0.5, 0.6) is 23.0 Å². The van der Waals surface area contributed by atoms with E-state index >= 15 is 0 Å². The molecule has 0 aliphatic heterocycles. The van der Waals surface area contributed by atoms with Crippen molar-refractivity contribution in [3.05, 3.63) is 243 Å². The molecular formula is C73H75O4P. The van der Waals surface area contributed by atoms with Crippen LogP contribution >= 0.6 is 7.92 Å². The van der Waals surface area contributed by atoms with E-state index in [4.69, 9.17) is 18.9 Å². The molecule has 0 unspecified atom stereocenters. The second kappa shape index (κ2) is 25.4. The molecule has 0 atom stereocenters. The lowest BCUT2D eigenvalue weighted by Gasteiger charge is -2.26. The summed E-state index contributed by atoms with van der Waals surface area (Å²) < 4.78 is 28.6. The zero-order valence-corrected chi connectivity index (χ0v) is 47.8. The summed E-state index contributed by atoms with van der Waals surface area (Å²) >= 11 is 0. The molecule has 0 N–H and O–H groups in total. The van der Waals surface area contributed by atoms with Crippen LogP contribution < -0.4 is 34.9 Å². The topological polar surface area (TPSA) is 36.9 Å².